The number of nitrogens with zero attached hydrogens (tertiary/aromatic N) is 3. The molecule has 8 nitrogen and oxygen atoms in total. The number of carbonyl (C=O) groups excluding carboxylic acids is 1. The molecule has 2 aromatic carbocycles. The first-order valence-electron chi connectivity index (χ1n) is 9.97. The molecule has 1 N–H and O–H groups in total. The number of allylic oxidation sites excluding steroid dienone is 1. The van der Waals surface area contributed by atoms with Gasteiger partial charge < -0.3 is 9.15 Å². The van der Waals surface area contributed by atoms with Crippen LogP contribution in [0.15, 0.2) is 92.5 Å². The van der Waals surface area contributed by atoms with Gasteiger partial charge in [0.25, 0.3) is 11.5 Å². The third kappa shape index (κ3) is 5.39. The van der Waals surface area contributed by atoms with Gasteiger partial charge in [0.05, 0.1) is 35.7 Å². The number of rotatable bonds is 8. The Morgan fingerprint density at radius 2 is 2.00 bits per heavy atom. The molecule has 0 radical (unpaired) electrons. The Morgan fingerprint density at radius 1 is 1.18 bits per heavy atom. The number of methoxy groups -OCH3 is 1. The summed E-state index contributed by atoms with van der Waals surface area (Å²) in [7, 11) is 1.58. The highest BCUT2D eigenvalue weighted by Crippen LogP contribution is 2.22. The number of thioether (sulfide) groups is 1. The van der Waals surface area contributed by atoms with E-state index in [1.165, 1.54) is 10.8 Å². The van der Waals surface area contributed by atoms with Crippen molar-refractivity contribution in [1.29, 1.82) is 0 Å². The van der Waals surface area contributed by atoms with Crippen LogP contribution < -0.4 is 15.7 Å². The maximum atomic E-state index is 13.2. The number of amides is 1. The maximum Gasteiger partial charge on any atom is 0.266 e. The van der Waals surface area contributed by atoms with E-state index in [-0.39, 0.29) is 17.2 Å². The molecule has 0 aliphatic carbocycles. The van der Waals surface area contributed by atoms with E-state index in [0.29, 0.717) is 33.3 Å². The van der Waals surface area contributed by atoms with Crippen molar-refractivity contribution in [3.63, 3.8) is 0 Å². The van der Waals surface area contributed by atoms with Gasteiger partial charge in [-0.15, -0.1) is 0 Å². The average molecular weight is 461 g/mol. The van der Waals surface area contributed by atoms with E-state index in [4.69, 9.17) is 9.15 Å². The van der Waals surface area contributed by atoms with Crippen LogP contribution in [0.1, 0.15) is 5.76 Å². The molecule has 2 heterocycles. The lowest BCUT2D eigenvalue weighted by Gasteiger charge is -2.13. The van der Waals surface area contributed by atoms with Crippen LogP contribution in [0.25, 0.3) is 22.7 Å². The molecular weight excluding hydrogens is 440 g/mol. The summed E-state index contributed by atoms with van der Waals surface area (Å²) in [6, 6.07) is 17.8. The molecule has 1 amide bonds. The molecule has 9 heteroatoms. The Labute approximate surface area is 193 Å². The number of benzene rings is 2. The van der Waals surface area contributed by atoms with Gasteiger partial charge in [0.2, 0.25) is 0 Å². The third-order valence-corrected chi connectivity index (χ3v) is 5.50. The number of furan rings is 1. The van der Waals surface area contributed by atoms with E-state index in [1.54, 1.807) is 80.1 Å². The van der Waals surface area contributed by atoms with Crippen molar-refractivity contribution in [2.45, 2.75) is 5.16 Å². The van der Waals surface area contributed by atoms with Crippen molar-refractivity contribution in [2.24, 2.45) is 5.10 Å². The number of fused-ring (bicyclic) bond motifs is 1. The van der Waals surface area contributed by atoms with Gasteiger partial charge >= 0.3 is 0 Å². The Morgan fingerprint density at radius 3 is 2.76 bits per heavy atom. The van der Waals surface area contributed by atoms with Gasteiger partial charge in [0.1, 0.15) is 11.5 Å². The number of carbonyl (C=O) groups is 1. The van der Waals surface area contributed by atoms with Crippen LogP contribution in [0.5, 0.6) is 5.75 Å². The van der Waals surface area contributed by atoms with E-state index in [9.17, 15) is 9.59 Å². The average Bonchev–Trinajstić information content (AvgIpc) is 3.36. The van der Waals surface area contributed by atoms with Crippen molar-refractivity contribution in [3.05, 3.63) is 89.1 Å². The molecule has 4 aromatic rings. The van der Waals surface area contributed by atoms with E-state index in [0.717, 1.165) is 11.8 Å². The zero-order chi connectivity index (χ0) is 23.0. The molecule has 0 aliphatic heterocycles. The second-order valence-corrected chi connectivity index (χ2v) is 7.67. The monoisotopic (exact) mass is 460 g/mol. The predicted molar refractivity (Wildman–Crippen MR) is 129 cm³/mol. The maximum absolute atomic E-state index is 13.2. The van der Waals surface area contributed by atoms with Gasteiger partial charge in [0.15, 0.2) is 5.16 Å². The minimum atomic E-state index is -0.327. The molecular formula is C24H20N4O4S. The lowest BCUT2D eigenvalue weighted by atomic mass is 10.2. The fraction of sp³-hybridized carbons (Fsp3) is 0.0833. The summed E-state index contributed by atoms with van der Waals surface area (Å²) >= 11 is 1.15. The lowest BCUT2D eigenvalue weighted by Crippen LogP contribution is -2.24. The largest absolute Gasteiger partial charge is 0.497 e. The normalized spacial score (nSPS) is 11.4. The van der Waals surface area contributed by atoms with Gasteiger partial charge in [-0.1, -0.05) is 23.9 Å². The van der Waals surface area contributed by atoms with Gasteiger partial charge in [-0.05, 0) is 60.7 Å². The number of nitrogens with one attached hydrogen (secondary N) is 1. The van der Waals surface area contributed by atoms with E-state index in [1.807, 2.05) is 6.07 Å². The molecule has 0 saturated carbocycles. The Balaban J connectivity index is 1.52. The van der Waals surface area contributed by atoms with E-state index >= 15 is 0 Å². The van der Waals surface area contributed by atoms with Gasteiger partial charge in [-0.25, -0.2) is 10.4 Å². The molecule has 4 rings (SSSR count). The van der Waals surface area contributed by atoms with E-state index < -0.39 is 0 Å². The van der Waals surface area contributed by atoms with Crippen LogP contribution in [0, 0.1) is 0 Å². The summed E-state index contributed by atoms with van der Waals surface area (Å²) in [6.07, 6.45) is 6.39. The van der Waals surface area contributed by atoms with Gasteiger partial charge in [0, 0.05) is 6.21 Å². The molecule has 0 unspecified atom stereocenters. The zero-order valence-electron chi connectivity index (χ0n) is 17.7. The number of hydrogen-bond acceptors (Lipinski definition) is 7. The van der Waals surface area contributed by atoms with Crippen LogP contribution >= 0.6 is 11.8 Å². The van der Waals surface area contributed by atoms with E-state index in [2.05, 4.69) is 15.5 Å². The fourth-order valence-corrected chi connectivity index (χ4v) is 3.81. The number of ether oxygens (including phenoxy) is 1. The minimum Gasteiger partial charge on any atom is -0.497 e. The molecule has 0 aliphatic rings. The summed E-state index contributed by atoms with van der Waals surface area (Å²) in [5, 5.41) is 4.78. The number of hydrogen-bond donors (Lipinski definition) is 1. The summed E-state index contributed by atoms with van der Waals surface area (Å²) in [6.45, 7) is 0. The third-order valence-electron chi connectivity index (χ3n) is 4.56. The first kappa shape index (κ1) is 22.1. The molecule has 0 bridgehead atoms. The smallest absolute Gasteiger partial charge is 0.266 e. The SMILES string of the molecule is COc1ccc(-n2c(SCC(=O)NN=CC=Cc3ccco3)nc3ccccc3c2=O)cc1. The van der Waals surface area contributed by atoms with Gasteiger partial charge in [-0.3, -0.25) is 14.2 Å². The van der Waals surface area contributed by atoms with Crippen LogP contribution in [-0.2, 0) is 4.79 Å². The number of hydrazone groups is 1. The fourth-order valence-electron chi connectivity index (χ4n) is 3.01. The Kier molecular flexibility index (Phi) is 7.01. The minimum absolute atomic E-state index is 0.0279. The highest BCUT2D eigenvalue weighted by Gasteiger charge is 2.14. The van der Waals surface area contributed by atoms with Crippen LogP contribution in [0.4, 0.5) is 0 Å². The zero-order valence-corrected chi connectivity index (χ0v) is 18.5. The quantitative estimate of drug-likeness (QED) is 0.185. The first-order chi connectivity index (χ1) is 16.2. The standard InChI is InChI=1S/C24H20N4O4S/c1-31-18-12-10-17(11-13-18)28-23(30)20-8-2-3-9-21(20)26-24(28)33-16-22(29)27-25-14-4-6-19-7-5-15-32-19/h2-15H,16H2,1H3,(H,27,29). The van der Waals surface area contributed by atoms with Crippen LogP contribution in [0.3, 0.4) is 0 Å². The van der Waals surface area contributed by atoms with Gasteiger partial charge in [-0.2, -0.15) is 5.10 Å². The lowest BCUT2D eigenvalue weighted by molar-refractivity contribution is -0.118. The Bertz CT molecular complexity index is 1360. The second kappa shape index (κ2) is 10.5. The summed E-state index contributed by atoms with van der Waals surface area (Å²) < 4.78 is 11.9. The number of aromatic nitrogens is 2. The van der Waals surface area contributed by atoms with Crippen molar-refractivity contribution in [3.8, 4) is 11.4 Å². The molecule has 0 spiro atoms. The number of para-hydroxylation sites is 1. The predicted octanol–water partition coefficient (Wildman–Crippen LogP) is 3.89. The molecule has 33 heavy (non-hydrogen) atoms. The van der Waals surface area contributed by atoms with Crippen LogP contribution in [-0.4, -0.2) is 34.5 Å². The first-order valence-corrected chi connectivity index (χ1v) is 11.0. The van der Waals surface area contributed by atoms with Crippen LogP contribution in [0.2, 0.25) is 0 Å². The summed E-state index contributed by atoms with van der Waals surface area (Å²) in [5.74, 6) is 1.06. The Hall–Kier alpha value is -4.11. The highest BCUT2D eigenvalue weighted by atomic mass is 32.2. The molecule has 0 fully saturated rings. The summed E-state index contributed by atoms with van der Waals surface area (Å²) in [4.78, 5) is 30.1. The molecule has 0 atom stereocenters. The second-order valence-electron chi connectivity index (χ2n) is 6.73. The van der Waals surface area contributed by atoms with Crippen molar-refractivity contribution in [1.82, 2.24) is 15.0 Å². The molecule has 166 valence electrons. The molecule has 2 aromatic heterocycles. The molecule has 0 saturated heterocycles. The van der Waals surface area contributed by atoms with Crippen molar-refractivity contribution in [2.75, 3.05) is 12.9 Å². The van der Waals surface area contributed by atoms with Crippen molar-refractivity contribution >= 4 is 40.9 Å². The highest BCUT2D eigenvalue weighted by molar-refractivity contribution is 7.99. The topological polar surface area (TPSA) is 98.7 Å². The summed E-state index contributed by atoms with van der Waals surface area (Å²) in [5.41, 5.74) is 3.44. The van der Waals surface area contributed by atoms with Crippen molar-refractivity contribution < 1.29 is 13.9 Å².